The first kappa shape index (κ1) is 16.2. The van der Waals surface area contributed by atoms with Gasteiger partial charge in [0, 0.05) is 31.0 Å². The molecular weight excluding hydrogens is 326 g/mol. The maximum Gasteiger partial charge on any atom is 0.274 e. The van der Waals surface area contributed by atoms with Crippen LogP contribution in [0, 0.1) is 0 Å². The van der Waals surface area contributed by atoms with E-state index < -0.39 is 0 Å². The number of rotatable bonds is 3. The second-order valence-electron chi connectivity index (χ2n) is 5.61. The van der Waals surface area contributed by atoms with Crippen LogP contribution in [0.1, 0.15) is 16.1 Å². The van der Waals surface area contributed by atoms with Gasteiger partial charge in [0.05, 0.1) is 5.39 Å². The molecule has 0 unspecified atom stereocenters. The normalized spacial score (nSPS) is 10.8. The van der Waals surface area contributed by atoms with E-state index in [1.165, 1.54) is 4.68 Å². The molecule has 3 rings (SSSR count). The zero-order valence-electron chi connectivity index (χ0n) is 13.4. The Morgan fingerprint density at radius 2 is 1.88 bits per heavy atom. The molecule has 0 spiro atoms. The van der Waals surface area contributed by atoms with E-state index in [2.05, 4.69) is 5.10 Å². The van der Waals surface area contributed by atoms with Crippen molar-refractivity contribution in [1.82, 2.24) is 14.7 Å². The van der Waals surface area contributed by atoms with Crippen LogP contribution in [0.4, 0.5) is 0 Å². The van der Waals surface area contributed by atoms with Gasteiger partial charge in [0.2, 0.25) is 0 Å². The van der Waals surface area contributed by atoms with Crippen molar-refractivity contribution in [3.8, 4) is 0 Å². The number of hydrogen-bond donors (Lipinski definition) is 0. The van der Waals surface area contributed by atoms with E-state index in [9.17, 15) is 9.59 Å². The fourth-order valence-electron chi connectivity index (χ4n) is 2.62. The average molecular weight is 342 g/mol. The lowest BCUT2D eigenvalue weighted by atomic mass is 10.1. The summed E-state index contributed by atoms with van der Waals surface area (Å²) >= 11 is 5.99. The summed E-state index contributed by atoms with van der Waals surface area (Å²) < 4.78 is 1.20. The van der Waals surface area contributed by atoms with Gasteiger partial charge < -0.3 is 4.90 Å². The molecule has 0 bridgehead atoms. The summed E-state index contributed by atoms with van der Waals surface area (Å²) in [7, 11) is 3.24. The first-order valence-electron chi connectivity index (χ1n) is 7.43. The number of aromatic nitrogens is 2. The van der Waals surface area contributed by atoms with Gasteiger partial charge in [-0.05, 0) is 23.8 Å². The quantitative estimate of drug-likeness (QED) is 0.736. The van der Waals surface area contributed by atoms with Crippen LogP contribution in [-0.4, -0.2) is 27.6 Å². The fraction of sp³-hybridized carbons (Fsp3) is 0.167. The van der Waals surface area contributed by atoms with Crippen molar-refractivity contribution in [1.29, 1.82) is 0 Å². The predicted molar refractivity (Wildman–Crippen MR) is 94.2 cm³/mol. The molecular formula is C18H16ClN3O2. The van der Waals surface area contributed by atoms with E-state index in [1.54, 1.807) is 49.3 Å². The van der Waals surface area contributed by atoms with Crippen LogP contribution in [0.5, 0.6) is 0 Å². The van der Waals surface area contributed by atoms with E-state index in [1.807, 2.05) is 18.2 Å². The van der Waals surface area contributed by atoms with Crippen molar-refractivity contribution in [2.75, 3.05) is 7.05 Å². The Morgan fingerprint density at radius 1 is 1.17 bits per heavy atom. The molecule has 0 N–H and O–H groups in total. The van der Waals surface area contributed by atoms with E-state index in [4.69, 9.17) is 11.6 Å². The molecule has 0 radical (unpaired) electrons. The number of carbonyl (C=O) groups is 1. The topological polar surface area (TPSA) is 55.2 Å². The minimum absolute atomic E-state index is 0.223. The zero-order valence-corrected chi connectivity index (χ0v) is 14.1. The summed E-state index contributed by atoms with van der Waals surface area (Å²) in [6.45, 7) is 0.401. The average Bonchev–Trinajstić information content (AvgIpc) is 2.57. The maximum atomic E-state index is 12.8. The SMILES string of the molecule is CN(Cc1cccc(Cl)c1)C(=O)c1nn(C)c(=O)c2ccccc12. The largest absolute Gasteiger partial charge is 0.336 e. The van der Waals surface area contributed by atoms with Gasteiger partial charge in [-0.3, -0.25) is 9.59 Å². The van der Waals surface area contributed by atoms with Gasteiger partial charge in [-0.2, -0.15) is 5.10 Å². The molecule has 1 aromatic heterocycles. The molecule has 0 fully saturated rings. The van der Waals surface area contributed by atoms with Gasteiger partial charge in [0.25, 0.3) is 11.5 Å². The Balaban J connectivity index is 1.99. The highest BCUT2D eigenvalue weighted by atomic mass is 35.5. The Hall–Kier alpha value is -2.66. The van der Waals surface area contributed by atoms with Crippen molar-refractivity contribution in [3.05, 3.63) is 75.2 Å². The molecule has 24 heavy (non-hydrogen) atoms. The molecule has 3 aromatic rings. The third-order valence-electron chi connectivity index (χ3n) is 3.81. The smallest absolute Gasteiger partial charge is 0.274 e. The van der Waals surface area contributed by atoms with Gasteiger partial charge in [-0.15, -0.1) is 0 Å². The van der Waals surface area contributed by atoms with Gasteiger partial charge in [0.1, 0.15) is 0 Å². The summed E-state index contributed by atoms with van der Waals surface area (Å²) in [6.07, 6.45) is 0. The standard InChI is InChI=1S/C18H16ClN3O2/c1-21(11-12-6-5-7-13(19)10-12)18(24)16-14-8-3-4-9-15(14)17(23)22(2)20-16/h3-10H,11H2,1-2H3. The lowest BCUT2D eigenvalue weighted by molar-refractivity contribution is 0.0779. The van der Waals surface area contributed by atoms with Crippen LogP contribution in [0.25, 0.3) is 10.8 Å². The minimum atomic E-state index is -0.248. The zero-order chi connectivity index (χ0) is 17.3. The molecule has 1 heterocycles. The molecule has 0 aliphatic heterocycles. The summed E-state index contributed by atoms with van der Waals surface area (Å²) in [5, 5.41) is 5.83. The van der Waals surface area contributed by atoms with E-state index in [-0.39, 0.29) is 17.2 Å². The molecule has 0 saturated heterocycles. The number of fused-ring (bicyclic) bond motifs is 1. The number of benzene rings is 2. The number of hydrogen-bond acceptors (Lipinski definition) is 3. The molecule has 5 nitrogen and oxygen atoms in total. The first-order chi connectivity index (χ1) is 11.5. The van der Waals surface area contributed by atoms with Crippen LogP contribution >= 0.6 is 11.6 Å². The van der Waals surface area contributed by atoms with E-state index in [0.717, 1.165) is 5.56 Å². The molecule has 0 atom stereocenters. The fourth-order valence-corrected chi connectivity index (χ4v) is 2.83. The van der Waals surface area contributed by atoms with Crippen LogP contribution in [0.3, 0.4) is 0 Å². The van der Waals surface area contributed by atoms with Gasteiger partial charge in [-0.1, -0.05) is 41.9 Å². The molecule has 1 amide bonds. The summed E-state index contributed by atoms with van der Waals surface area (Å²) in [5.74, 6) is -0.248. The maximum absolute atomic E-state index is 12.8. The number of nitrogens with zero attached hydrogens (tertiary/aromatic N) is 3. The van der Waals surface area contributed by atoms with Crippen molar-refractivity contribution >= 4 is 28.3 Å². The van der Waals surface area contributed by atoms with Crippen LogP contribution in [0.15, 0.2) is 53.3 Å². The third kappa shape index (κ3) is 3.03. The highest BCUT2D eigenvalue weighted by molar-refractivity contribution is 6.30. The minimum Gasteiger partial charge on any atom is -0.336 e. The van der Waals surface area contributed by atoms with Gasteiger partial charge in [-0.25, -0.2) is 4.68 Å². The summed E-state index contributed by atoms with van der Waals surface area (Å²) in [4.78, 5) is 26.5. The van der Waals surface area contributed by atoms with Crippen molar-refractivity contribution in [3.63, 3.8) is 0 Å². The summed E-state index contributed by atoms with van der Waals surface area (Å²) in [6, 6.07) is 14.4. The summed E-state index contributed by atoms with van der Waals surface area (Å²) in [5.41, 5.74) is 0.962. The van der Waals surface area contributed by atoms with E-state index >= 15 is 0 Å². The Kier molecular flexibility index (Phi) is 4.36. The predicted octanol–water partition coefficient (Wildman–Crippen LogP) is 2.86. The van der Waals surface area contributed by atoms with Crippen LogP contribution < -0.4 is 5.56 Å². The third-order valence-corrected chi connectivity index (χ3v) is 4.05. The molecule has 0 aliphatic rings. The Labute approximate surface area is 144 Å². The molecule has 0 aliphatic carbocycles. The number of carbonyl (C=O) groups excluding carboxylic acids is 1. The number of aryl methyl sites for hydroxylation is 1. The van der Waals surface area contributed by atoms with Crippen molar-refractivity contribution < 1.29 is 4.79 Å². The van der Waals surface area contributed by atoms with E-state index in [0.29, 0.717) is 22.3 Å². The highest BCUT2D eigenvalue weighted by Crippen LogP contribution is 2.17. The van der Waals surface area contributed by atoms with Crippen molar-refractivity contribution in [2.24, 2.45) is 7.05 Å². The second-order valence-corrected chi connectivity index (χ2v) is 6.05. The lowest BCUT2D eigenvalue weighted by Gasteiger charge is -2.18. The first-order valence-corrected chi connectivity index (χ1v) is 7.81. The molecule has 122 valence electrons. The molecule has 6 heteroatoms. The van der Waals surface area contributed by atoms with Gasteiger partial charge >= 0.3 is 0 Å². The molecule has 0 saturated carbocycles. The Morgan fingerprint density at radius 3 is 2.58 bits per heavy atom. The van der Waals surface area contributed by atoms with Crippen molar-refractivity contribution in [2.45, 2.75) is 6.54 Å². The highest BCUT2D eigenvalue weighted by Gasteiger charge is 2.19. The van der Waals surface area contributed by atoms with Crippen LogP contribution in [0.2, 0.25) is 5.02 Å². The van der Waals surface area contributed by atoms with Crippen LogP contribution in [-0.2, 0) is 13.6 Å². The second kappa shape index (κ2) is 6.45. The Bertz CT molecular complexity index is 981. The van der Waals surface area contributed by atoms with Gasteiger partial charge in [0.15, 0.2) is 5.69 Å². The lowest BCUT2D eigenvalue weighted by Crippen LogP contribution is -2.30. The molecule has 2 aromatic carbocycles. The number of amides is 1. The monoisotopic (exact) mass is 341 g/mol. The number of halogens is 1.